The van der Waals surface area contributed by atoms with Crippen molar-refractivity contribution in [1.82, 2.24) is 0 Å². The molecule has 7 nitrogen and oxygen atoms in total. The summed E-state index contributed by atoms with van der Waals surface area (Å²) in [4.78, 5) is 12.4. The summed E-state index contributed by atoms with van der Waals surface area (Å²) in [5, 5.41) is 1.93. The van der Waals surface area contributed by atoms with Gasteiger partial charge in [0.1, 0.15) is 9.77 Å². The van der Waals surface area contributed by atoms with E-state index in [-0.39, 0.29) is 31.9 Å². The Bertz CT molecular complexity index is 1320. The molecule has 0 amide bonds. The van der Waals surface area contributed by atoms with Gasteiger partial charge in [0.05, 0.1) is 23.4 Å². The lowest BCUT2D eigenvalue weighted by Crippen LogP contribution is -2.16. The lowest BCUT2D eigenvalue weighted by atomic mass is 10.3. The highest BCUT2D eigenvalue weighted by Crippen LogP contribution is 2.31. The number of ether oxygens (including phenoxy) is 1. The van der Waals surface area contributed by atoms with Crippen molar-refractivity contribution in [3.8, 4) is 0 Å². The molecular formula is C20H18ClNO6S4. The fraction of sp³-hybridized carbons (Fsp3) is 0.150. The van der Waals surface area contributed by atoms with Gasteiger partial charge in [-0.2, -0.15) is 0 Å². The fourth-order valence-corrected chi connectivity index (χ4v) is 7.92. The molecule has 0 atom stereocenters. The molecule has 3 rings (SSSR count). The van der Waals surface area contributed by atoms with Crippen molar-refractivity contribution in [2.45, 2.75) is 14.7 Å². The lowest BCUT2D eigenvalue weighted by molar-refractivity contribution is 0.0602. The standard InChI is InChI=1S/C20H18ClNO6S4/c1-28-20(23)19-18(10-11-30-19)32(26,27)22-16-4-2-3-5-17(16)29-12-13-31(24,25)15-8-6-14(21)7-9-15/h2-11,22H,12-13H2,1H3. The van der Waals surface area contributed by atoms with Crippen LogP contribution in [0.3, 0.4) is 0 Å². The van der Waals surface area contributed by atoms with Gasteiger partial charge in [0.2, 0.25) is 0 Å². The number of hydrogen-bond donors (Lipinski definition) is 1. The molecule has 0 aliphatic rings. The van der Waals surface area contributed by atoms with Gasteiger partial charge in [-0.1, -0.05) is 23.7 Å². The molecule has 0 saturated carbocycles. The smallest absolute Gasteiger partial charge is 0.349 e. The van der Waals surface area contributed by atoms with Gasteiger partial charge in [0, 0.05) is 15.7 Å². The molecule has 170 valence electrons. The van der Waals surface area contributed by atoms with Crippen molar-refractivity contribution in [2.75, 3.05) is 23.3 Å². The molecule has 32 heavy (non-hydrogen) atoms. The van der Waals surface area contributed by atoms with Crippen LogP contribution >= 0.6 is 34.7 Å². The van der Waals surface area contributed by atoms with Gasteiger partial charge in [0.25, 0.3) is 10.0 Å². The van der Waals surface area contributed by atoms with E-state index in [4.69, 9.17) is 11.6 Å². The Morgan fingerprint density at radius 3 is 2.44 bits per heavy atom. The van der Waals surface area contributed by atoms with E-state index in [9.17, 15) is 21.6 Å². The van der Waals surface area contributed by atoms with Crippen LogP contribution in [0.5, 0.6) is 0 Å². The molecule has 0 unspecified atom stereocenters. The van der Waals surface area contributed by atoms with Crippen LogP contribution in [0.1, 0.15) is 9.67 Å². The zero-order valence-electron chi connectivity index (χ0n) is 16.6. The summed E-state index contributed by atoms with van der Waals surface area (Å²) in [6.45, 7) is 0. The summed E-state index contributed by atoms with van der Waals surface area (Å²) in [5.41, 5.74) is 0.281. The van der Waals surface area contributed by atoms with Gasteiger partial charge in [-0.25, -0.2) is 21.6 Å². The Labute approximate surface area is 199 Å². The molecule has 1 heterocycles. The normalized spacial score (nSPS) is 11.8. The highest BCUT2D eigenvalue weighted by molar-refractivity contribution is 8.01. The minimum atomic E-state index is -4.06. The number of anilines is 1. The van der Waals surface area contributed by atoms with E-state index in [1.807, 2.05) is 0 Å². The van der Waals surface area contributed by atoms with Crippen molar-refractivity contribution >= 4 is 66.2 Å². The number of esters is 1. The number of sulfone groups is 1. The largest absolute Gasteiger partial charge is 0.465 e. The number of methoxy groups -OCH3 is 1. The number of benzene rings is 2. The lowest BCUT2D eigenvalue weighted by Gasteiger charge is -2.12. The van der Waals surface area contributed by atoms with Crippen LogP contribution in [0.4, 0.5) is 5.69 Å². The molecule has 1 N–H and O–H groups in total. The number of sulfonamides is 1. The van der Waals surface area contributed by atoms with Crippen LogP contribution in [0, 0.1) is 0 Å². The van der Waals surface area contributed by atoms with E-state index in [1.165, 1.54) is 54.6 Å². The van der Waals surface area contributed by atoms with Crippen LogP contribution in [0.25, 0.3) is 0 Å². The van der Waals surface area contributed by atoms with Gasteiger partial charge >= 0.3 is 5.97 Å². The minimum absolute atomic E-state index is 0.0285. The molecule has 0 bridgehead atoms. The number of carbonyl (C=O) groups excluding carboxylic acids is 1. The van der Waals surface area contributed by atoms with Crippen molar-refractivity contribution in [1.29, 1.82) is 0 Å². The predicted molar refractivity (Wildman–Crippen MR) is 127 cm³/mol. The third-order valence-corrected chi connectivity index (χ3v) is 9.95. The summed E-state index contributed by atoms with van der Waals surface area (Å²) in [7, 11) is -6.40. The molecule has 2 aromatic carbocycles. The first-order chi connectivity index (χ1) is 15.1. The first-order valence-electron chi connectivity index (χ1n) is 9.03. The first kappa shape index (κ1) is 24.6. The van der Waals surface area contributed by atoms with Gasteiger partial charge in [-0.05, 0) is 47.8 Å². The van der Waals surface area contributed by atoms with E-state index in [1.54, 1.807) is 24.3 Å². The topological polar surface area (TPSA) is 107 Å². The molecule has 0 fully saturated rings. The van der Waals surface area contributed by atoms with Crippen molar-refractivity contribution in [3.05, 3.63) is 69.9 Å². The quantitative estimate of drug-likeness (QED) is 0.319. The van der Waals surface area contributed by atoms with E-state index in [0.717, 1.165) is 11.3 Å². The number of thiophene rings is 1. The van der Waals surface area contributed by atoms with Gasteiger partial charge in [-0.3, -0.25) is 4.72 Å². The highest BCUT2D eigenvalue weighted by Gasteiger charge is 2.25. The third kappa shape index (κ3) is 5.84. The van der Waals surface area contributed by atoms with Crippen LogP contribution in [-0.4, -0.2) is 41.4 Å². The van der Waals surface area contributed by atoms with E-state index >= 15 is 0 Å². The zero-order chi connectivity index (χ0) is 23.4. The number of carbonyl (C=O) groups is 1. The number of nitrogens with one attached hydrogen (secondary N) is 1. The van der Waals surface area contributed by atoms with Gasteiger partial charge < -0.3 is 4.74 Å². The number of halogens is 1. The van der Waals surface area contributed by atoms with Crippen molar-refractivity contribution < 1.29 is 26.4 Å². The maximum Gasteiger partial charge on any atom is 0.349 e. The maximum absolute atomic E-state index is 12.9. The summed E-state index contributed by atoms with van der Waals surface area (Å²) >= 11 is 7.98. The number of thioether (sulfide) groups is 1. The average molecular weight is 532 g/mol. The molecule has 0 aliphatic heterocycles. The van der Waals surface area contributed by atoms with Gasteiger partial charge in [0.15, 0.2) is 9.84 Å². The Kier molecular flexibility index (Phi) is 7.88. The van der Waals surface area contributed by atoms with Crippen LogP contribution in [0.2, 0.25) is 5.02 Å². The Hall–Kier alpha value is -2.05. The van der Waals surface area contributed by atoms with E-state index in [0.29, 0.717) is 9.92 Å². The van der Waals surface area contributed by atoms with Crippen molar-refractivity contribution in [3.63, 3.8) is 0 Å². The molecule has 0 saturated heterocycles. The second-order valence-corrected chi connectivity index (χ2v) is 12.6. The summed E-state index contributed by atoms with van der Waals surface area (Å²) in [6.07, 6.45) is 0. The first-order valence-corrected chi connectivity index (χ1v) is 14.4. The van der Waals surface area contributed by atoms with Crippen molar-refractivity contribution in [2.24, 2.45) is 0 Å². The molecular weight excluding hydrogens is 514 g/mol. The van der Waals surface area contributed by atoms with E-state index in [2.05, 4.69) is 9.46 Å². The van der Waals surface area contributed by atoms with Crippen LogP contribution in [0.15, 0.2) is 74.7 Å². The number of rotatable bonds is 9. The van der Waals surface area contributed by atoms with Crippen LogP contribution < -0.4 is 4.72 Å². The Morgan fingerprint density at radius 1 is 1.06 bits per heavy atom. The molecule has 0 aliphatic carbocycles. The number of para-hydroxylation sites is 1. The average Bonchev–Trinajstić information content (AvgIpc) is 3.25. The highest BCUT2D eigenvalue weighted by atomic mass is 35.5. The van der Waals surface area contributed by atoms with Gasteiger partial charge in [-0.15, -0.1) is 23.1 Å². The number of hydrogen-bond acceptors (Lipinski definition) is 8. The predicted octanol–water partition coefficient (Wildman–Crippen LogP) is 4.55. The summed E-state index contributed by atoms with van der Waals surface area (Å²) in [6, 6.07) is 13.9. The third-order valence-electron chi connectivity index (χ3n) is 4.20. The molecule has 0 radical (unpaired) electrons. The second-order valence-electron chi connectivity index (χ2n) is 6.33. The van der Waals surface area contributed by atoms with Crippen LogP contribution in [-0.2, 0) is 24.6 Å². The maximum atomic E-state index is 12.9. The molecule has 0 spiro atoms. The SMILES string of the molecule is COC(=O)c1sccc1S(=O)(=O)Nc1ccccc1SCCS(=O)(=O)c1ccc(Cl)cc1. The minimum Gasteiger partial charge on any atom is -0.465 e. The monoisotopic (exact) mass is 531 g/mol. The van der Waals surface area contributed by atoms with E-state index < -0.39 is 25.8 Å². The molecule has 1 aromatic heterocycles. The summed E-state index contributed by atoms with van der Waals surface area (Å²) < 4.78 is 57.9. The summed E-state index contributed by atoms with van der Waals surface area (Å²) in [5.74, 6) is -0.678. The molecule has 3 aromatic rings. The Balaban J connectivity index is 1.75. The molecule has 12 heteroatoms. The second kappa shape index (κ2) is 10.3. The fourth-order valence-electron chi connectivity index (χ4n) is 2.65. The Morgan fingerprint density at radius 2 is 1.75 bits per heavy atom. The zero-order valence-corrected chi connectivity index (χ0v) is 20.7.